The number of nitrogens with zero attached hydrogens (tertiary/aromatic N) is 4. The van der Waals surface area contributed by atoms with Crippen LogP contribution in [0, 0.1) is 11.8 Å². The Morgan fingerprint density at radius 3 is 2.51 bits per heavy atom. The van der Waals surface area contributed by atoms with Gasteiger partial charge in [-0.3, -0.25) is 9.59 Å². The van der Waals surface area contributed by atoms with Crippen molar-refractivity contribution in [2.75, 3.05) is 32.5 Å². The Labute approximate surface area is 244 Å². The number of amides is 2. The van der Waals surface area contributed by atoms with Crippen molar-refractivity contribution in [1.29, 1.82) is 0 Å². The highest BCUT2D eigenvalue weighted by atomic mass is 35.5. The Morgan fingerprint density at radius 1 is 1.17 bits per heavy atom. The average molecular weight is 595 g/mol. The van der Waals surface area contributed by atoms with Crippen molar-refractivity contribution in [3.8, 4) is 0 Å². The average Bonchev–Trinajstić information content (AvgIpc) is 3.36. The molecule has 0 spiro atoms. The van der Waals surface area contributed by atoms with Crippen LogP contribution in [0.15, 0.2) is 24.4 Å². The van der Waals surface area contributed by atoms with Gasteiger partial charge >= 0.3 is 6.18 Å². The van der Waals surface area contributed by atoms with Gasteiger partial charge < -0.3 is 20.4 Å². The number of halogens is 4. The fourth-order valence-corrected chi connectivity index (χ4v) is 6.03. The molecule has 2 aromatic rings. The van der Waals surface area contributed by atoms with E-state index in [4.69, 9.17) is 11.6 Å². The number of hydrogen-bond acceptors (Lipinski definition) is 6. The zero-order valence-corrected chi connectivity index (χ0v) is 24.6. The molecule has 0 unspecified atom stereocenters. The summed E-state index contributed by atoms with van der Waals surface area (Å²) >= 11 is 6.48. The summed E-state index contributed by atoms with van der Waals surface area (Å²) in [6.45, 7) is 5.55. The van der Waals surface area contributed by atoms with Gasteiger partial charge in [0.25, 0.3) is 5.91 Å². The second-order valence-electron chi connectivity index (χ2n) is 11.5. The molecule has 0 bridgehead atoms. The second kappa shape index (κ2) is 12.9. The molecule has 2 atom stereocenters. The summed E-state index contributed by atoms with van der Waals surface area (Å²) in [5.74, 6) is -0.945. The first-order chi connectivity index (χ1) is 19.3. The number of benzene rings is 1. The van der Waals surface area contributed by atoms with Crippen LogP contribution >= 0.6 is 11.6 Å². The monoisotopic (exact) mass is 594 g/mol. The van der Waals surface area contributed by atoms with Crippen molar-refractivity contribution in [3.63, 3.8) is 0 Å². The summed E-state index contributed by atoms with van der Waals surface area (Å²) in [4.78, 5) is 37.9. The van der Waals surface area contributed by atoms with E-state index in [1.54, 1.807) is 30.1 Å². The van der Waals surface area contributed by atoms with Crippen molar-refractivity contribution in [2.24, 2.45) is 11.8 Å². The maximum absolute atomic E-state index is 13.9. The number of piperidine rings is 1. The fourth-order valence-electron chi connectivity index (χ4n) is 5.77. The standard InChI is InChI=1S/C29H38ClF3N6O2/c1-17(2)35-26(40)21-7-5-6-18(21)14-25-23(29(31,32)33)16-34-28(37-25)36-19-8-9-22(24(30)15-19)27(41)39(4)20-10-12-38(3)13-11-20/h8-9,15-18,20-21H,5-7,10-14H2,1-4H3,(H,35,40)(H,34,36,37)/t18-,21-/m0/s1. The number of anilines is 2. The summed E-state index contributed by atoms with van der Waals surface area (Å²) in [6.07, 6.45) is -0.0172. The van der Waals surface area contributed by atoms with Crippen LogP contribution in [0.1, 0.15) is 67.6 Å². The minimum absolute atomic E-state index is 0.0136. The number of alkyl halides is 3. The summed E-state index contributed by atoms with van der Waals surface area (Å²) in [5.41, 5.74) is -0.273. The van der Waals surface area contributed by atoms with E-state index in [9.17, 15) is 22.8 Å². The molecule has 2 N–H and O–H groups in total. The lowest BCUT2D eigenvalue weighted by molar-refractivity contribution is -0.138. The predicted molar refractivity (Wildman–Crippen MR) is 152 cm³/mol. The number of aromatic nitrogens is 2. The van der Waals surface area contributed by atoms with Crippen molar-refractivity contribution in [3.05, 3.63) is 46.2 Å². The van der Waals surface area contributed by atoms with E-state index in [1.165, 1.54) is 0 Å². The molecule has 12 heteroatoms. The van der Waals surface area contributed by atoms with Gasteiger partial charge in [0.2, 0.25) is 11.9 Å². The highest BCUT2D eigenvalue weighted by molar-refractivity contribution is 6.34. The van der Waals surface area contributed by atoms with E-state index in [0.29, 0.717) is 24.1 Å². The molecule has 8 nitrogen and oxygen atoms in total. The van der Waals surface area contributed by atoms with Crippen molar-refractivity contribution < 1.29 is 22.8 Å². The zero-order chi connectivity index (χ0) is 29.9. The van der Waals surface area contributed by atoms with Gasteiger partial charge in [0.1, 0.15) is 0 Å². The minimum Gasteiger partial charge on any atom is -0.354 e. The lowest BCUT2D eigenvalue weighted by atomic mass is 9.89. The van der Waals surface area contributed by atoms with Crippen LogP contribution in [-0.2, 0) is 17.4 Å². The normalized spacial score (nSPS) is 20.3. The van der Waals surface area contributed by atoms with Gasteiger partial charge in [-0.05, 0) is 90.2 Å². The summed E-state index contributed by atoms with van der Waals surface area (Å²) in [5, 5.41) is 6.03. The van der Waals surface area contributed by atoms with Crippen LogP contribution in [0.2, 0.25) is 5.02 Å². The van der Waals surface area contributed by atoms with Gasteiger partial charge in [-0.2, -0.15) is 13.2 Å². The lowest BCUT2D eigenvalue weighted by Gasteiger charge is -2.35. The SMILES string of the molecule is CC(C)NC(=O)[C@H]1CCC[C@H]1Cc1nc(Nc2ccc(C(=O)N(C)C3CCN(C)CC3)c(Cl)c2)ncc1C(F)(F)F. The highest BCUT2D eigenvalue weighted by Crippen LogP contribution is 2.38. The Kier molecular flexibility index (Phi) is 9.79. The molecule has 2 aliphatic rings. The quantitative estimate of drug-likeness (QED) is 0.417. The Morgan fingerprint density at radius 2 is 1.88 bits per heavy atom. The Bertz CT molecular complexity index is 1250. The molecule has 4 rings (SSSR count). The third-order valence-electron chi connectivity index (χ3n) is 8.07. The first-order valence-corrected chi connectivity index (χ1v) is 14.5. The van der Waals surface area contributed by atoms with Crippen molar-refractivity contribution >= 4 is 35.1 Å². The van der Waals surface area contributed by atoms with E-state index in [0.717, 1.165) is 38.5 Å². The van der Waals surface area contributed by atoms with Crippen LogP contribution in [0.5, 0.6) is 0 Å². The van der Waals surface area contributed by atoms with Gasteiger partial charge in [-0.25, -0.2) is 9.97 Å². The number of carbonyl (C=O) groups is 2. The highest BCUT2D eigenvalue weighted by Gasteiger charge is 2.39. The molecule has 2 amide bonds. The lowest BCUT2D eigenvalue weighted by Crippen LogP contribution is -2.44. The molecular weight excluding hydrogens is 557 g/mol. The van der Waals surface area contributed by atoms with Gasteiger partial charge in [-0.15, -0.1) is 0 Å². The van der Waals surface area contributed by atoms with E-state index >= 15 is 0 Å². The molecule has 1 aliphatic heterocycles. The first-order valence-electron chi connectivity index (χ1n) is 14.1. The van der Waals surface area contributed by atoms with Gasteiger partial charge in [-0.1, -0.05) is 18.0 Å². The molecule has 0 radical (unpaired) electrons. The van der Waals surface area contributed by atoms with Crippen molar-refractivity contribution in [2.45, 2.75) is 70.6 Å². The molecule has 2 heterocycles. The molecule has 1 saturated heterocycles. The molecule has 2 fully saturated rings. The van der Waals surface area contributed by atoms with Crippen LogP contribution in [0.3, 0.4) is 0 Å². The predicted octanol–water partition coefficient (Wildman–Crippen LogP) is 5.54. The summed E-state index contributed by atoms with van der Waals surface area (Å²) in [7, 11) is 3.83. The number of nitrogens with one attached hydrogen (secondary N) is 2. The van der Waals surface area contributed by atoms with Gasteiger partial charge in [0.05, 0.1) is 21.8 Å². The Balaban J connectivity index is 1.51. The van der Waals surface area contributed by atoms with Crippen LogP contribution in [0.4, 0.5) is 24.8 Å². The number of likely N-dealkylation sites (tertiary alicyclic amines) is 1. The summed E-state index contributed by atoms with van der Waals surface area (Å²) < 4.78 is 41.6. The Hall–Kier alpha value is -2.92. The zero-order valence-electron chi connectivity index (χ0n) is 23.9. The van der Waals surface area contributed by atoms with Crippen LogP contribution < -0.4 is 10.6 Å². The number of rotatable bonds is 8. The van der Waals surface area contributed by atoms with E-state index < -0.39 is 11.7 Å². The molecule has 1 aromatic carbocycles. The molecule has 1 aliphatic carbocycles. The van der Waals surface area contributed by atoms with E-state index in [-0.39, 0.29) is 58.8 Å². The third kappa shape index (κ3) is 7.68. The smallest absolute Gasteiger partial charge is 0.354 e. The first kappa shape index (κ1) is 31.0. The topological polar surface area (TPSA) is 90.5 Å². The number of hydrogen-bond donors (Lipinski definition) is 2. The number of carbonyl (C=O) groups excluding carboxylic acids is 2. The fraction of sp³-hybridized carbons (Fsp3) is 0.586. The molecule has 1 saturated carbocycles. The second-order valence-corrected chi connectivity index (χ2v) is 11.9. The van der Waals surface area contributed by atoms with Crippen LogP contribution in [-0.4, -0.2) is 70.9 Å². The largest absolute Gasteiger partial charge is 0.419 e. The summed E-state index contributed by atoms with van der Waals surface area (Å²) in [6, 6.07) is 4.85. The molecule has 41 heavy (non-hydrogen) atoms. The van der Waals surface area contributed by atoms with Crippen molar-refractivity contribution in [1.82, 2.24) is 25.1 Å². The third-order valence-corrected chi connectivity index (χ3v) is 8.38. The maximum Gasteiger partial charge on any atom is 0.419 e. The maximum atomic E-state index is 13.9. The van der Waals surface area contributed by atoms with E-state index in [1.807, 2.05) is 13.8 Å². The van der Waals surface area contributed by atoms with Gasteiger partial charge in [0.15, 0.2) is 0 Å². The van der Waals surface area contributed by atoms with Gasteiger partial charge in [0, 0.05) is 36.9 Å². The molecule has 224 valence electrons. The van der Waals surface area contributed by atoms with E-state index in [2.05, 4.69) is 32.5 Å². The van der Waals surface area contributed by atoms with Crippen LogP contribution in [0.25, 0.3) is 0 Å². The molecule has 1 aromatic heterocycles. The minimum atomic E-state index is -4.63. The molecular formula is C29H38ClF3N6O2.